The van der Waals surface area contributed by atoms with Gasteiger partial charge in [-0.15, -0.1) is 24.0 Å². The van der Waals surface area contributed by atoms with E-state index < -0.39 is 0 Å². The molecule has 1 unspecified atom stereocenters. The molecule has 0 spiro atoms. The fraction of sp³-hybridized carbons (Fsp3) is 0.500. The van der Waals surface area contributed by atoms with Crippen molar-refractivity contribution in [3.63, 3.8) is 0 Å². The zero-order chi connectivity index (χ0) is 16.5. The summed E-state index contributed by atoms with van der Waals surface area (Å²) in [5.74, 6) is -0.0167. The van der Waals surface area contributed by atoms with E-state index in [2.05, 4.69) is 20.9 Å². The molecule has 1 aromatic carbocycles. The van der Waals surface area contributed by atoms with Gasteiger partial charge in [-0.1, -0.05) is 0 Å². The van der Waals surface area contributed by atoms with Gasteiger partial charge in [0.1, 0.15) is 12.4 Å². The maximum Gasteiger partial charge on any atom is 0.246 e. The Kier molecular flexibility index (Phi) is 9.62. The zero-order valence-corrected chi connectivity index (χ0v) is 16.0. The fourth-order valence-electron chi connectivity index (χ4n) is 2.24. The maximum atomic E-state index is 12.8. The van der Waals surface area contributed by atoms with Crippen molar-refractivity contribution in [2.75, 3.05) is 31.6 Å². The summed E-state index contributed by atoms with van der Waals surface area (Å²) in [6.45, 7) is 4.13. The number of anilines is 1. The highest BCUT2D eigenvalue weighted by atomic mass is 127. The Morgan fingerprint density at radius 3 is 2.71 bits per heavy atom. The summed E-state index contributed by atoms with van der Waals surface area (Å²) in [6.07, 6.45) is 2.32. The molecule has 3 N–H and O–H groups in total. The van der Waals surface area contributed by atoms with Crippen molar-refractivity contribution < 1.29 is 13.9 Å². The van der Waals surface area contributed by atoms with E-state index in [-0.39, 0.29) is 48.3 Å². The highest BCUT2D eigenvalue weighted by molar-refractivity contribution is 14.0. The second kappa shape index (κ2) is 11.2. The van der Waals surface area contributed by atoms with Crippen LogP contribution in [0.3, 0.4) is 0 Å². The van der Waals surface area contributed by atoms with Crippen LogP contribution in [0.4, 0.5) is 10.1 Å². The highest BCUT2D eigenvalue weighted by Crippen LogP contribution is 2.10. The van der Waals surface area contributed by atoms with Gasteiger partial charge in [0, 0.05) is 25.4 Å². The molecule has 1 aromatic rings. The summed E-state index contributed by atoms with van der Waals surface area (Å²) in [5.41, 5.74) is 0.545. The Bertz CT molecular complexity index is 533. The van der Waals surface area contributed by atoms with Crippen molar-refractivity contribution in [1.82, 2.24) is 10.6 Å². The van der Waals surface area contributed by atoms with Crippen molar-refractivity contribution in [1.29, 1.82) is 0 Å². The minimum atomic E-state index is -0.339. The molecule has 2 rings (SSSR count). The lowest BCUT2D eigenvalue weighted by molar-refractivity contribution is -0.114. The molecule has 134 valence electrons. The normalized spacial score (nSPS) is 17.1. The lowest BCUT2D eigenvalue weighted by Gasteiger charge is -2.14. The molecular formula is C16H24FIN4O2. The van der Waals surface area contributed by atoms with Crippen LogP contribution in [0, 0.1) is 5.82 Å². The van der Waals surface area contributed by atoms with E-state index in [0.717, 1.165) is 19.4 Å². The highest BCUT2D eigenvalue weighted by Gasteiger charge is 2.15. The Balaban J connectivity index is 0.00000288. The molecule has 1 fully saturated rings. The molecule has 1 atom stereocenters. The first-order valence-corrected chi connectivity index (χ1v) is 7.86. The van der Waals surface area contributed by atoms with Crippen LogP contribution in [-0.2, 0) is 9.53 Å². The summed E-state index contributed by atoms with van der Waals surface area (Å²) in [5, 5.41) is 8.93. The fourth-order valence-corrected chi connectivity index (χ4v) is 2.24. The summed E-state index contributed by atoms with van der Waals surface area (Å²) < 4.78 is 18.4. The van der Waals surface area contributed by atoms with Gasteiger partial charge in [0.05, 0.1) is 6.10 Å². The number of carbonyl (C=O) groups is 1. The van der Waals surface area contributed by atoms with Gasteiger partial charge >= 0.3 is 0 Å². The lowest BCUT2D eigenvalue weighted by atomic mass is 10.2. The van der Waals surface area contributed by atoms with E-state index in [0.29, 0.717) is 24.7 Å². The van der Waals surface area contributed by atoms with Crippen molar-refractivity contribution >= 4 is 41.5 Å². The number of ether oxygens (including phenoxy) is 1. The third kappa shape index (κ3) is 7.43. The van der Waals surface area contributed by atoms with Crippen LogP contribution in [0.1, 0.15) is 19.8 Å². The van der Waals surface area contributed by atoms with Gasteiger partial charge in [-0.25, -0.2) is 9.38 Å². The average Bonchev–Trinajstić information content (AvgIpc) is 3.06. The Morgan fingerprint density at radius 2 is 2.08 bits per heavy atom. The molecule has 1 amide bonds. The van der Waals surface area contributed by atoms with Crippen molar-refractivity contribution in [3.8, 4) is 0 Å². The molecule has 0 aliphatic carbocycles. The SMILES string of the molecule is CCNC(=NCC(=O)Nc1ccc(F)cc1)NCC1CCCO1.I. The third-order valence-electron chi connectivity index (χ3n) is 3.37. The van der Waals surface area contributed by atoms with Crippen molar-refractivity contribution in [3.05, 3.63) is 30.1 Å². The predicted octanol–water partition coefficient (Wildman–Crippen LogP) is 2.12. The van der Waals surface area contributed by atoms with E-state index in [9.17, 15) is 9.18 Å². The predicted molar refractivity (Wildman–Crippen MR) is 103 cm³/mol. The van der Waals surface area contributed by atoms with Gasteiger partial charge in [0.15, 0.2) is 5.96 Å². The molecule has 8 heteroatoms. The van der Waals surface area contributed by atoms with Gasteiger partial charge in [-0.3, -0.25) is 4.79 Å². The number of hydrogen-bond donors (Lipinski definition) is 3. The molecule has 0 radical (unpaired) electrons. The van der Waals surface area contributed by atoms with Crippen LogP contribution in [-0.4, -0.2) is 44.2 Å². The molecule has 1 heterocycles. The number of halogens is 2. The van der Waals surface area contributed by atoms with E-state index in [1.54, 1.807) is 0 Å². The van der Waals surface area contributed by atoms with Crippen LogP contribution in [0.2, 0.25) is 0 Å². The smallest absolute Gasteiger partial charge is 0.246 e. The molecular weight excluding hydrogens is 426 g/mol. The van der Waals surface area contributed by atoms with Crippen molar-refractivity contribution in [2.24, 2.45) is 4.99 Å². The van der Waals surface area contributed by atoms with Crippen molar-refractivity contribution in [2.45, 2.75) is 25.9 Å². The quantitative estimate of drug-likeness (QED) is 0.353. The zero-order valence-electron chi connectivity index (χ0n) is 13.7. The molecule has 0 bridgehead atoms. The van der Waals surface area contributed by atoms with Gasteiger partial charge in [0.25, 0.3) is 0 Å². The summed E-state index contributed by atoms with van der Waals surface area (Å²) in [7, 11) is 0. The number of benzene rings is 1. The molecule has 0 saturated carbocycles. The van der Waals surface area contributed by atoms with Crippen LogP contribution < -0.4 is 16.0 Å². The van der Waals surface area contributed by atoms with Crippen LogP contribution in [0.15, 0.2) is 29.3 Å². The van der Waals surface area contributed by atoms with E-state index in [1.165, 1.54) is 24.3 Å². The van der Waals surface area contributed by atoms with Crippen LogP contribution in [0.25, 0.3) is 0 Å². The Hall–Kier alpha value is -1.42. The standard InChI is InChI=1S/C16H23FN4O2.HI/c1-2-18-16(19-10-14-4-3-9-23-14)20-11-15(22)21-13-7-5-12(17)6-8-13;/h5-8,14H,2-4,9-11H2,1H3,(H,21,22)(H2,18,19,20);1H. The minimum absolute atomic E-state index is 0. The average molecular weight is 450 g/mol. The molecule has 0 aromatic heterocycles. The van der Waals surface area contributed by atoms with E-state index in [1.807, 2.05) is 6.92 Å². The first-order valence-electron chi connectivity index (χ1n) is 7.86. The summed E-state index contributed by atoms with van der Waals surface area (Å²) in [6, 6.07) is 5.62. The summed E-state index contributed by atoms with van der Waals surface area (Å²) in [4.78, 5) is 16.1. The van der Waals surface area contributed by atoms with E-state index in [4.69, 9.17) is 4.74 Å². The Labute approximate surface area is 158 Å². The first kappa shape index (κ1) is 20.6. The number of rotatable bonds is 6. The Morgan fingerprint density at radius 1 is 1.33 bits per heavy atom. The molecule has 1 aliphatic rings. The minimum Gasteiger partial charge on any atom is -0.376 e. The van der Waals surface area contributed by atoms with Crippen LogP contribution >= 0.6 is 24.0 Å². The molecule has 1 saturated heterocycles. The first-order chi connectivity index (χ1) is 11.2. The molecule has 24 heavy (non-hydrogen) atoms. The number of carbonyl (C=O) groups excluding carboxylic acids is 1. The maximum absolute atomic E-state index is 12.8. The monoisotopic (exact) mass is 450 g/mol. The number of amides is 1. The van der Waals surface area contributed by atoms with Crippen LogP contribution in [0.5, 0.6) is 0 Å². The second-order valence-electron chi connectivity index (χ2n) is 5.27. The van der Waals surface area contributed by atoms with Gasteiger partial charge < -0.3 is 20.7 Å². The van der Waals surface area contributed by atoms with Gasteiger partial charge in [-0.2, -0.15) is 0 Å². The number of hydrogen-bond acceptors (Lipinski definition) is 3. The van der Waals surface area contributed by atoms with Gasteiger partial charge in [0.2, 0.25) is 5.91 Å². The second-order valence-corrected chi connectivity index (χ2v) is 5.27. The lowest BCUT2D eigenvalue weighted by Crippen LogP contribution is -2.41. The van der Waals surface area contributed by atoms with Gasteiger partial charge in [-0.05, 0) is 44.0 Å². The number of nitrogens with one attached hydrogen (secondary N) is 3. The largest absolute Gasteiger partial charge is 0.376 e. The summed E-state index contributed by atoms with van der Waals surface area (Å²) >= 11 is 0. The molecule has 1 aliphatic heterocycles. The number of nitrogens with zero attached hydrogens (tertiary/aromatic N) is 1. The van der Waals surface area contributed by atoms with E-state index >= 15 is 0 Å². The topological polar surface area (TPSA) is 74.8 Å². The third-order valence-corrected chi connectivity index (χ3v) is 3.37. The molecule has 6 nitrogen and oxygen atoms in total. The number of guanidine groups is 1. The number of aliphatic imine (C=N–C) groups is 1.